The summed E-state index contributed by atoms with van der Waals surface area (Å²) in [6, 6.07) is 7.44. The smallest absolute Gasteiger partial charge is 0.420 e. The second-order valence-corrected chi connectivity index (χ2v) is 7.49. The van der Waals surface area contributed by atoms with Crippen molar-refractivity contribution in [1.82, 2.24) is 4.90 Å². The molecule has 0 aliphatic carbocycles. The minimum atomic E-state index is -0.663. The number of halogens is 1. The molecule has 0 N–H and O–H groups in total. The topological polar surface area (TPSA) is 55.8 Å². The maximum Gasteiger partial charge on any atom is 0.420 e. The molecule has 1 fully saturated rings. The zero-order chi connectivity index (χ0) is 17.2. The Hall–Kier alpha value is -1.56. The molecule has 126 valence electrons. The molecule has 0 saturated carbocycles. The molecule has 1 saturated heterocycles. The van der Waals surface area contributed by atoms with E-state index in [9.17, 15) is 9.59 Å². The van der Waals surface area contributed by atoms with Gasteiger partial charge in [-0.15, -0.1) is 0 Å². The van der Waals surface area contributed by atoms with Crippen LogP contribution in [0.1, 0.15) is 39.7 Å². The summed E-state index contributed by atoms with van der Waals surface area (Å²) < 4.78 is 11.7. The van der Waals surface area contributed by atoms with Gasteiger partial charge in [-0.2, -0.15) is 0 Å². The maximum atomic E-state index is 12.4. The molecule has 2 amide bonds. The fourth-order valence-electron chi connectivity index (χ4n) is 2.53. The number of ether oxygens (including phenoxy) is 2. The fourth-order valence-corrected chi connectivity index (χ4v) is 2.79. The van der Waals surface area contributed by atoms with Crippen molar-refractivity contribution >= 4 is 28.1 Å². The number of carbonyl (C=O) groups is 2. The minimum Gasteiger partial charge on any atom is -0.443 e. The number of amides is 2. The van der Waals surface area contributed by atoms with E-state index >= 15 is 0 Å². The van der Waals surface area contributed by atoms with E-state index in [2.05, 4.69) is 15.9 Å². The number of imide groups is 1. The number of hydrogen-bond acceptors (Lipinski definition) is 4. The normalized spacial score (nSPS) is 21.3. The molecule has 2 rings (SSSR count). The van der Waals surface area contributed by atoms with E-state index in [0.717, 1.165) is 14.9 Å². The lowest BCUT2D eigenvalue weighted by atomic mass is 9.99. The average Bonchev–Trinajstić information content (AvgIpc) is 2.75. The van der Waals surface area contributed by atoms with Crippen LogP contribution in [0.3, 0.4) is 0 Å². The van der Waals surface area contributed by atoms with Gasteiger partial charge in [-0.3, -0.25) is 0 Å². The highest BCUT2D eigenvalue weighted by atomic mass is 79.9. The van der Waals surface area contributed by atoms with Gasteiger partial charge < -0.3 is 9.47 Å². The van der Waals surface area contributed by atoms with Crippen LogP contribution in [0.25, 0.3) is 0 Å². The summed E-state index contributed by atoms with van der Waals surface area (Å²) in [5.41, 5.74) is 0.368. The average molecular weight is 384 g/mol. The predicted molar refractivity (Wildman–Crippen MR) is 90.3 cm³/mol. The minimum absolute atomic E-state index is 0.321. The zero-order valence-electron chi connectivity index (χ0n) is 13.8. The molecule has 0 unspecified atom stereocenters. The highest BCUT2D eigenvalue weighted by Crippen LogP contribution is 2.27. The third-order valence-electron chi connectivity index (χ3n) is 3.56. The summed E-state index contributed by atoms with van der Waals surface area (Å²) >= 11 is 3.40. The van der Waals surface area contributed by atoms with Gasteiger partial charge in [0.15, 0.2) is 0 Å². The standard InChI is InChI=1S/C17H22BrNO4/c1-5-14-13(10-11-6-8-12(18)9-7-11)19(15(20)22-14)16(21)23-17(2,3)4/h6-9,13-14H,5,10H2,1-4H3/t13-,14-/m1/s1. The Kier molecular flexibility index (Phi) is 5.34. The first-order chi connectivity index (χ1) is 10.7. The zero-order valence-corrected chi connectivity index (χ0v) is 15.4. The first-order valence-electron chi connectivity index (χ1n) is 7.68. The van der Waals surface area contributed by atoms with Crippen LogP contribution in [-0.2, 0) is 15.9 Å². The molecule has 1 aliphatic rings. The number of cyclic esters (lactones) is 1. The second kappa shape index (κ2) is 6.91. The predicted octanol–water partition coefficient (Wildman–Crippen LogP) is 4.53. The third kappa shape index (κ3) is 4.47. The Labute approximate surface area is 145 Å². The number of carbonyl (C=O) groups excluding carboxylic acids is 2. The van der Waals surface area contributed by atoms with Crippen molar-refractivity contribution in [3.63, 3.8) is 0 Å². The number of rotatable bonds is 3. The molecule has 6 heteroatoms. The lowest BCUT2D eigenvalue weighted by Crippen LogP contribution is -2.45. The van der Waals surface area contributed by atoms with Crippen molar-refractivity contribution in [3.05, 3.63) is 34.3 Å². The van der Waals surface area contributed by atoms with Crippen LogP contribution in [0.5, 0.6) is 0 Å². The number of nitrogens with zero attached hydrogens (tertiary/aromatic N) is 1. The molecule has 0 spiro atoms. The first-order valence-corrected chi connectivity index (χ1v) is 8.48. The fraction of sp³-hybridized carbons (Fsp3) is 0.529. The molecule has 1 aliphatic heterocycles. The molecule has 1 aromatic rings. The first kappa shape index (κ1) is 17.8. The Bertz CT molecular complexity index is 579. The van der Waals surface area contributed by atoms with Crippen LogP contribution in [-0.4, -0.2) is 34.8 Å². The SMILES string of the molecule is CC[C@H]1OC(=O)N(C(=O)OC(C)(C)C)[C@@H]1Cc1ccc(Br)cc1. The van der Waals surface area contributed by atoms with Crippen molar-refractivity contribution in [1.29, 1.82) is 0 Å². The molecule has 23 heavy (non-hydrogen) atoms. The lowest BCUT2D eigenvalue weighted by molar-refractivity contribution is 0.0286. The molecule has 1 aromatic carbocycles. The van der Waals surface area contributed by atoms with E-state index in [0.29, 0.717) is 12.8 Å². The summed E-state index contributed by atoms with van der Waals surface area (Å²) in [7, 11) is 0. The number of hydrogen-bond donors (Lipinski definition) is 0. The summed E-state index contributed by atoms with van der Waals surface area (Å²) in [4.78, 5) is 25.6. The van der Waals surface area contributed by atoms with Crippen LogP contribution in [0.15, 0.2) is 28.7 Å². The van der Waals surface area contributed by atoms with Gasteiger partial charge in [-0.05, 0) is 51.3 Å². The quantitative estimate of drug-likeness (QED) is 0.769. The molecular formula is C17H22BrNO4. The van der Waals surface area contributed by atoms with Crippen LogP contribution in [0.2, 0.25) is 0 Å². The third-order valence-corrected chi connectivity index (χ3v) is 4.09. The van der Waals surface area contributed by atoms with Gasteiger partial charge in [0.05, 0.1) is 6.04 Å². The van der Waals surface area contributed by atoms with E-state index in [4.69, 9.17) is 9.47 Å². The van der Waals surface area contributed by atoms with Crippen LogP contribution in [0, 0.1) is 0 Å². The second-order valence-electron chi connectivity index (χ2n) is 6.58. The molecule has 0 radical (unpaired) electrons. The summed E-state index contributed by atoms with van der Waals surface area (Å²) in [5, 5.41) is 0. The van der Waals surface area contributed by atoms with Gasteiger partial charge in [0, 0.05) is 4.47 Å². The van der Waals surface area contributed by atoms with Gasteiger partial charge in [-0.1, -0.05) is 35.0 Å². The highest BCUT2D eigenvalue weighted by molar-refractivity contribution is 9.10. The van der Waals surface area contributed by atoms with E-state index in [1.165, 1.54) is 0 Å². The van der Waals surface area contributed by atoms with Gasteiger partial charge in [0.2, 0.25) is 0 Å². The molecule has 1 heterocycles. The van der Waals surface area contributed by atoms with Gasteiger partial charge in [-0.25, -0.2) is 14.5 Å². The Balaban J connectivity index is 2.21. The van der Waals surface area contributed by atoms with Gasteiger partial charge >= 0.3 is 12.2 Å². The Morgan fingerprint density at radius 3 is 2.43 bits per heavy atom. The van der Waals surface area contributed by atoms with Crippen LogP contribution < -0.4 is 0 Å². The van der Waals surface area contributed by atoms with Crippen molar-refractivity contribution in [3.8, 4) is 0 Å². The molecule has 0 aromatic heterocycles. The van der Waals surface area contributed by atoms with Gasteiger partial charge in [0.1, 0.15) is 11.7 Å². The van der Waals surface area contributed by atoms with E-state index in [1.807, 2.05) is 31.2 Å². The Morgan fingerprint density at radius 1 is 1.30 bits per heavy atom. The monoisotopic (exact) mass is 383 g/mol. The maximum absolute atomic E-state index is 12.4. The summed E-state index contributed by atoms with van der Waals surface area (Å²) in [6.07, 6.45) is -0.421. The lowest BCUT2D eigenvalue weighted by Gasteiger charge is -2.26. The van der Waals surface area contributed by atoms with E-state index in [1.54, 1.807) is 20.8 Å². The van der Waals surface area contributed by atoms with E-state index in [-0.39, 0.29) is 12.1 Å². The summed E-state index contributed by atoms with van der Waals surface area (Å²) in [6.45, 7) is 7.25. The van der Waals surface area contributed by atoms with Crippen LogP contribution in [0.4, 0.5) is 9.59 Å². The van der Waals surface area contributed by atoms with E-state index < -0.39 is 17.8 Å². The molecule has 2 atom stereocenters. The molecular weight excluding hydrogens is 362 g/mol. The molecule has 0 bridgehead atoms. The van der Waals surface area contributed by atoms with Crippen molar-refractivity contribution in [2.45, 2.75) is 58.3 Å². The van der Waals surface area contributed by atoms with Crippen molar-refractivity contribution in [2.75, 3.05) is 0 Å². The highest BCUT2D eigenvalue weighted by Gasteiger charge is 2.46. The van der Waals surface area contributed by atoms with Crippen molar-refractivity contribution < 1.29 is 19.1 Å². The van der Waals surface area contributed by atoms with Crippen LogP contribution >= 0.6 is 15.9 Å². The largest absolute Gasteiger partial charge is 0.443 e. The Morgan fingerprint density at radius 2 is 1.91 bits per heavy atom. The molecule has 5 nitrogen and oxygen atoms in total. The van der Waals surface area contributed by atoms with Crippen molar-refractivity contribution in [2.24, 2.45) is 0 Å². The number of benzene rings is 1. The summed E-state index contributed by atoms with van der Waals surface area (Å²) in [5.74, 6) is 0. The van der Waals surface area contributed by atoms with Gasteiger partial charge in [0.25, 0.3) is 0 Å².